The van der Waals surface area contributed by atoms with Crippen LogP contribution in [0.3, 0.4) is 0 Å². The quantitative estimate of drug-likeness (QED) is 0.895. The number of aryl methyl sites for hydroxylation is 3. The summed E-state index contributed by atoms with van der Waals surface area (Å²) in [5.41, 5.74) is 7.81. The molecule has 0 spiro atoms. The smallest absolute Gasteiger partial charge is 0.242 e. The average Bonchev–Trinajstić information content (AvgIpc) is 2.93. The van der Waals surface area contributed by atoms with Gasteiger partial charge in [0, 0.05) is 6.42 Å². The molecule has 1 atom stereocenters. The molecule has 1 aliphatic rings. The second-order valence-electron chi connectivity index (χ2n) is 6.14. The molecule has 0 bridgehead atoms. The summed E-state index contributed by atoms with van der Waals surface area (Å²) in [5, 5.41) is 8.10. The minimum Gasteiger partial charge on any atom is -0.368 e. The van der Waals surface area contributed by atoms with Crippen LogP contribution in [0.2, 0.25) is 0 Å². The third-order valence-corrected chi connectivity index (χ3v) is 4.57. The first-order valence-corrected chi connectivity index (χ1v) is 7.99. The molecule has 2 N–H and O–H groups in total. The van der Waals surface area contributed by atoms with Gasteiger partial charge in [0.25, 0.3) is 0 Å². The van der Waals surface area contributed by atoms with Gasteiger partial charge >= 0.3 is 0 Å². The lowest BCUT2D eigenvalue weighted by Gasteiger charge is -2.34. The highest BCUT2D eigenvalue weighted by Gasteiger charge is 2.34. The molecule has 2 heterocycles. The van der Waals surface area contributed by atoms with E-state index in [2.05, 4.69) is 10.2 Å². The van der Waals surface area contributed by atoms with Crippen molar-refractivity contribution in [2.24, 2.45) is 5.73 Å². The summed E-state index contributed by atoms with van der Waals surface area (Å²) < 4.78 is 1.85. The van der Waals surface area contributed by atoms with Crippen LogP contribution in [0.5, 0.6) is 0 Å². The highest BCUT2D eigenvalue weighted by Crippen LogP contribution is 2.19. The molecular weight excluding hydrogens is 306 g/mol. The number of carbonyl (C=O) groups excluding carboxylic acids is 2. The maximum atomic E-state index is 12.7. The number of fused-ring (bicyclic) bond motifs is 1. The zero-order chi connectivity index (χ0) is 17.3. The number of nitrogens with zero attached hydrogens (tertiary/aromatic N) is 4. The highest BCUT2D eigenvalue weighted by molar-refractivity contribution is 5.87. The number of rotatable bonds is 4. The Labute approximate surface area is 140 Å². The Balaban J connectivity index is 1.75. The van der Waals surface area contributed by atoms with E-state index in [0.29, 0.717) is 25.2 Å². The van der Waals surface area contributed by atoms with E-state index < -0.39 is 11.9 Å². The van der Waals surface area contributed by atoms with Gasteiger partial charge < -0.3 is 15.2 Å². The van der Waals surface area contributed by atoms with Crippen LogP contribution in [0.1, 0.15) is 29.2 Å². The lowest BCUT2D eigenvalue weighted by molar-refractivity contribution is -0.141. The molecule has 24 heavy (non-hydrogen) atoms. The van der Waals surface area contributed by atoms with Gasteiger partial charge in [0.15, 0.2) is 5.82 Å². The van der Waals surface area contributed by atoms with Crippen LogP contribution in [0.25, 0.3) is 0 Å². The molecule has 0 saturated heterocycles. The normalized spacial score (nSPS) is 16.8. The molecule has 1 aliphatic heterocycles. The van der Waals surface area contributed by atoms with Gasteiger partial charge in [0.2, 0.25) is 11.8 Å². The zero-order valence-corrected chi connectivity index (χ0v) is 13.9. The van der Waals surface area contributed by atoms with E-state index in [1.807, 2.05) is 42.7 Å². The monoisotopic (exact) mass is 327 g/mol. The summed E-state index contributed by atoms with van der Waals surface area (Å²) in [6.45, 7) is 4.43. The summed E-state index contributed by atoms with van der Waals surface area (Å²) in [5.74, 6) is 0.824. The van der Waals surface area contributed by atoms with Gasteiger partial charge in [0.05, 0.1) is 13.1 Å². The Morgan fingerprint density at radius 2 is 2.00 bits per heavy atom. The molecule has 1 aromatic heterocycles. The van der Waals surface area contributed by atoms with Gasteiger partial charge in [-0.1, -0.05) is 24.3 Å². The fourth-order valence-electron chi connectivity index (χ4n) is 3.09. The van der Waals surface area contributed by atoms with Crippen molar-refractivity contribution in [2.75, 3.05) is 0 Å². The first kappa shape index (κ1) is 16.2. The SMILES string of the molecule is Cc1ccccc1CCC(=O)N1Cc2nnc(C)n2CC1C(N)=O. The molecule has 1 unspecified atom stereocenters. The standard InChI is InChI=1S/C17H21N5O2/c1-11-5-3-4-6-13(11)7-8-16(23)22-10-15-20-19-12(2)21(15)9-14(22)17(18)24/h3-6,14H,7-10H2,1-2H3,(H2,18,24). The maximum Gasteiger partial charge on any atom is 0.242 e. The molecule has 2 amide bonds. The van der Waals surface area contributed by atoms with Crippen LogP contribution in [0.4, 0.5) is 0 Å². The van der Waals surface area contributed by atoms with Crippen molar-refractivity contribution in [3.63, 3.8) is 0 Å². The zero-order valence-electron chi connectivity index (χ0n) is 13.9. The van der Waals surface area contributed by atoms with E-state index in [4.69, 9.17) is 5.73 Å². The Morgan fingerprint density at radius 3 is 2.71 bits per heavy atom. The average molecular weight is 327 g/mol. The van der Waals surface area contributed by atoms with Gasteiger partial charge in [-0.2, -0.15) is 0 Å². The Kier molecular flexibility index (Phi) is 4.33. The number of amides is 2. The van der Waals surface area contributed by atoms with E-state index in [1.54, 1.807) is 0 Å². The van der Waals surface area contributed by atoms with E-state index in [1.165, 1.54) is 4.90 Å². The van der Waals surface area contributed by atoms with E-state index in [9.17, 15) is 9.59 Å². The van der Waals surface area contributed by atoms with E-state index in [-0.39, 0.29) is 12.5 Å². The third kappa shape index (κ3) is 3.02. The number of nitrogens with two attached hydrogens (primary N) is 1. The van der Waals surface area contributed by atoms with Crippen molar-refractivity contribution < 1.29 is 9.59 Å². The van der Waals surface area contributed by atoms with Crippen molar-refractivity contribution in [3.8, 4) is 0 Å². The van der Waals surface area contributed by atoms with Gasteiger partial charge in [-0.15, -0.1) is 10.2 Å². The van der Waals surface area contributed by atoms with Crippen LogP contribution < -0.4 is 5.73 Å². The summed E-state index contributed by atoms with van der Waals surface area (Å²) in [6, 6.07) is 7.33. The van der Waals surface area contributed by atoms with Crippen molar-refractivity contribution in [3.05, 3.63) is 47.0 Å². The second-order valence-corrected chi connectivity index (χ2v) is 6.14. The first-order chi connectivity index (χ1) is 11.5. The molecule has 1 aromatic carbocycles. The molecule has 126 valence electrons. The number of benzene rings is 1. The van der Waals surface area contributed by atoms with Crippen LogP contribution in [0.15, 0.2) is 24.3 Å². The molecule has 3 rings (SSSR count). The molecule has 0 saturated carbocycles. The first-order valence-electron chi connectivity index (χ1n) is 7.99. The van der Waals surface area contributed by atoms with Crippen molar-refractivity contribution in [2.45, 2.75) is 45.8 Å². The van der Waals surface area contributed by atoms with Crippen LogP contribution in [-0.2, 0) is 29.1 Å². The third-order valence-electron chi connectivity index (χ3n) is 4.57. The number of carbonyl (C=O) groups is 2. The number of primary amides is 1. The minimum atomic E-state index is -0.656. The Morgan fingerprint density at radius 1 is 1.25 bits per heavy atom. The van der Waals surface area contributed by atoms with Crippen molar-refractivity contribution >= 4 is 11.8 Å². The minimum absolute atomic E-state index is 0.0889. The molecule has 7 nitrogen and oxygen atoms in total. The van der Waals surface area contributed by atoms with Gasteiger partial charge in [-0.3, -0.25) is 9.59 Å². The lowest BCUT2D eigenvalue weighted by atomic mass is 10.0. The van der Waals surface area contributed by atoms with E-state index in [0.717, 1.165) is 17.0 Å². The largest absolute Gasteiger partial charge is 0.368 e. The molecule has 0 aliphatic carbocycles. The molecular formula is C17H21N5O2. The van der Waals surface area contributed by atoms with E-state index >= 15 is 0 Å². The van der Waals surface area contributed by atoms with Crippen LogP contribution >= 0.6 is 0 Å². The molecule has 7 heteroatoms. The number of aromatic nitrogens is 3. The molecule has 0 radical (unpaired) electrons. The second kappa shape index (κ2) is 6.43. The Bertz CT molecular complexity index is 783. The van der Waals surface area contributed by atoms with Gasteiger partial charge in [0.1, 0.15) is 11.9 Å². The maximum absolute atomic E-state index is 12.7. The van der Waals surface area contributed by atoms with Gasteiger partial charge in [-0.25, -0.2) is 0 Å². The number of hydrogen-bond acceptors (Lipinski definition) is 4. The number of hydrogen-bond donors (Lipinski definition) is 1. The van der Waals surface area contributed by atoms with Crippen molar-refractivity contribution in [1.29, 1.82) is 0 Å². The highest BCUT2D eigenvalue weighted by atomic mass is 16.2. The van der Waals surface area contributed by atoms with Crippen LogP contribution in [0, 0.1) is 13.8 Å². The summed E-state index contributed by atoms with van der Waals surface area (Å²) >= 11 is 0. The Hall–Kier alpha value is -2.70. The predicted molar refractivity (Wildman–Crippen MR) is 87.8 cm³/mol. The van der Waals surface area contributed by atoms with Crippen LogP contribution in [-0.4, -0.2) is 37.5 Å². The molecule has 0 fully saturated rings. The fourth-order valence-corrected chi connectivity index (χ4v) is 3.09. The summed E-state index contributed by atoms with van der Waals surface area (Å²) in [7, 11) is 0. The van der Waals surface area contributed by atoms with Crippen molar-refractivity contribution in [1.82, 2.24) is 19.7 Å². The lowest BCUT2D eigenvalue weighted by Crippen LogP contribution is -2.53. The van der Waals surface area contributed by atoms with Gasteiger partial charge in [-0.05, 0) is 31.4 Å². The fraction of sp³-hybridized carbons (Fsp3) is 0.412. The topological polar surface area (TPSA) is 94.1 Å². The molecule has 2 aromatic rings. The predicted octanol–water partition coefficient (Wildman–Crippen LogP) is 0.724. The summed E-state index contributed by atoms with van der Waals surface area (Å²) in [6.07, 6.45) is 0.973. The summed E-state index contributed by atoms with van der Waals surface area (Å²) in [4.78, 5) is 26.0.